The van der Waals surface area contributed by atoms with Crippen LogP contribution in [0.15, 0.2) is 76.5 Å². The molecular weight excluding hydrogens is 538 g/mol. The van der Waals surface area contributed by atoms with Gasteiger partial charge in [0.2, 0.25) is 0 Å². The van der Waals surface area contributed by atoms with E-state index in [-0.39, 0.29) is 34.5 Å². The van der Waals surface area contributed by atoms with Crippen LogP contribution >= 0.6 is 23.4 Å². The topological polar surface area (TPSA) is 99.2 Å². The van der Waals surface area contributed by atoms with Gasteiger partial charge in [-0.3, -0.25) is 14.5 Å². The van der Waals surface area contributed by atoms with Gasteiger partial charge >= 0.3 is 10.1 Å². The van der Waals surface area contributed by atoms with Gasteiger partial charge < -0.3 is 13.7 Å². The summed E-state index contributed by atoms with van der Waals surface area (Å²) in [5, 5.41) is -0.00982. The molecule has 4 rings (SSSR count). The highest BCUT2D eigenvalue weighted by molar-refractivity contribution is 8.18. The van der Waals surface area contributed by atoms with Crippen molar-refractivity contribution in [3.05, 3.63) is 87.8 Å². The van der Waals surface area contributed by atoms with E-state index in [4.69, 9.17) is 25.3 Å². The largest absolute Gasteiger partial charge is 0.493 e. The number of para-hydroxylation sites is 1. The first kappa shape index (κ1) is 26.6. The molecule has 0 unspecified atom stereocenters. The molecule has 0 saturated carbocycles. The Bertz CT molecular complexity index is 1470. The number of halogens is 1. The third-order valence-corrected chi connectivity index (χ3v) is 7.75. The summed E-state index contributed by atoms with van der Waals surface area (Å²) in [6, 6.07) is 17.7. The van der Waals surface area contributed by atoms with Crippen molar-refractivity contribution in [2.45, 2.75) is 11.8 Å². The molecule has 192 valence electrons. The number of thioether (sulfide) groups is 1. The lowest BCUT2D eigenvalue weighted by Gasteiger charge is -2.14. The average Bonchev–Trinajstić information content (AvgIpc) is 3.12. The molecule has 0 atom stereocenters. The fourth-order valence-corrected chi connectivity index (χ4v) is 5.36. The normalized spacial score (nSPS) is 14.8. The number of hydrogen-bond donors (Lipinski definition) is 0. The Morgan fingerprint density at radius 1 is 0.973 bits per heavy atom. The number of rotatable bonds is 9. The van der Waals surface area contributed by atoms with Crippen LogP contribution in [0.4, 0.5) is 4.79 Å². The number of nitrogens with zero attached hydrogens (tertiary/aromatic N) is 1. The molecule has 3 aromatic carbocycles. The van der Waals surface area contributed by atoms with E-state index in [0.29, 0.717) is 16.3 Å². The zero-order valence-electron chi connectivity index (χ0n) is 19.8. The molecule has 3 aromatic rings. The van der Waals surface area contributed by atoms with Crippen LogP contribution in [-0.2, 0) is 14.9 Å². The zero-order chi connectivity index (χ0) is 26.6. The lowest BCUT2D eigenvalue weighted by atomic mass is 10.2. The number of carbonyl (C=O) groups is 2. The van der Waals surface area contributed by atoms with Crippen molar-refractivity contribution >= 4 is 50.7 Å². The van der Waals surface area contributed by atoms with E-state index in [2.05, 4.69) is 0 Å². The number of benzene rings is 3. The summed E-state index contributed by atoms with van der Waals surface area (Å²) in [6.07, 6.45) is 1.49. The zero-order valence-corrected chi connectivity index (χ0v) is 22.2. The Morgan fingerprint density at radius 2 is 1.70 bits per heavy atom. The van der Waals surface area contributed by atoms with E-state index in [1.807, 2.05) is 6.92 Å². The van der Waals surface area contributed by atoms with Gasteiger partial charge in [0.1, 0.15) is 17.3 Å². The Labute approximate surface area is 223 Å². The van der Waals surface area contributed by atoms with Crippen LogP contribution in [-0.4, -0.2) is 44.7 Å². The van der Waals surface area contributed by atoms with Crippen LogP contribution in [0.3, 0.4) is 0 Å². The van der Waals surface area contributed by atoms with Crippen molar-refractivity contribution in [3.63, 3.8) is 0 Å². The molecule has 1 fully saturated rings. The first-order valence-corrected chi connectivity index (χ1v) is 13.6. The second-order valence-corrected chi connectivity index (χ2v) is 10.8. The van der Waals surface area contributed by atoms with Gasteiger partial charge in [-0.15, -0.1) is 0 Å². The Hall–Kier alpha value is -3.47. The third-order valence-electron chi connectivity index (χ3n) is 5.28. The Balaban J connectivity index is 1.50. The molecule has 0 aliphatic carbocycles. The number of aryl methyl sites for hydroxylation is 1. The van der Waals surface area contributed by atoms with Gasteiger partial charge in [-0.2, -0.15) is 8.42 Å². The molecule has 0 radical (unpaired) electrons. The van der Waals surface area contributed by atoms with Crippen LogP contribution in [0.1, 0.15) is 11.1 Å². The lowest BCUT2D eigenvalue weighted by molar-refractivity contribution is -0.123. The van der Waals surface area contributed by atoms with Crippen LogP contribution < -0.4 is 13.7 Å². The fraction of sp³-hybridized carbons (Fsp3) is 0.154. The minimum Gasteiger partial charge on any atom is -0.493 e. The molecule has 2 amide bonds. The SMILES string of the molecule is COc1ccc(/C=C2\SC(=O)N(CCOc3ccccc3Cl)C2=O)cc1OS(=O)(=O)c1ccc(C)cc1. The van der Waals surface area contributed by atoms with Crippen LogP contribution in [0, 0.1) is 6.92 Å². The van der Waals surface area contributed by atoms with Crippen molar-refractivity contribution in [2.75, 3.05) is 20.3 Å². The highest BCUT2D eigenvalue weighted by Crippen LogP contribution is 2.35. The molecule has 8 nitrogen and oxygen atoms in total. The van der Waals surface area contributed by atoms with E-state index >= 15 is 0 Å². The number of imide groups is 1. The molecule has 0 aromatic heterocycles. The molecular formula is C26H22ClNO7S2. The minimum absolute atomic E-state index is 0.00863. The summed E-state index contributed by atoms with van der Waals surface area (Å²) < 4.78 is 41.7. The molecule has 0 spiro atoms. The molecule has 1 saturated heterocycles. The van der Waals surface area contributed by atoms with Crippen LogP contribution in [0.2, 0.25) is 5.02 Å². The van der Waals surface area contributed by atoms with Gasteiger partial charge in [-0.1, -0.05) is 47.5 Å². The van der Waals surface area contributed by atoms with Gasteiger partial charge in [0, 0.05) is 0 Å². The summed E-state index contributed by atoms with van der Waals surface area (Å²) in [4.78, 5) is 26.6. The Kier molecular flexibility index (Phi) is 8.11. The maximum atomic E-state index is 12.9. The van der Waals surface area contributed by atoms with Crippen molar-refractivity contribution < 1.29 is 31.7 Å². The monoisotopic (exact) mass is 559 g/mol. The van der Waals surface area contributed by atoms with E-state index < -0.39 is 21.3 Å². The maximum Gasteiger partial charge on any atom is 0.339 e. The van der Waals surface area contributed by atoms with Gasteiger partial charge in [-0.05, 0) is 66.7 Å². The smallest absolute Gasteiger partial charge is 0.339 e. The van der Waals surface area contributed by atoms with Gasteiger partial charge in [0.25, 0.3) is 11.1 Å². The van der Waals surface area contributed by atoms with E-state index in [9.17, 15) is 18.0 Å². The van der Waals surface area contributed by atoms with Gasteiger partial charge in [-0.25, -0.2) is 0 Å². The van der Waals surface area contributed by atoms with E-state index in [1.165, 1.54) is 37.5 Å². The van der Waals surface area contributed by atoms with Gasteiger partial charge in [0.15, 0.2) is 11.5 Å². The predicted octanol–water partition coefficient (Wildman–Crippen LogP) is 5.54. The number of ether oxygens (including phenoxy) is 2. The van der Waals surface area contributed by atoms with Crippen molar-refractivity contribution in [1.29, 1.82) is 0 Å². The molecule has 1 aliphatic rings. The summed E-state index contributed by atoms with van der Waals surface area (Å²) in [5.74, 6) is 0.114. The predicted molar refractivity (Wildman–Crippen MR) is 142 cm³/mol. The van der Waals surface area contributed by atoms with Crippen LogP contribution in [0.5, 0.6) is 17.2 Å². The summed E-state index contributed by atoms with van der Waals surface area (Å²) in [7, 11) is -2.74. The number of methoxy groups -OCH3 is 1. The molecule has 0 bridgehead atoms. The third kappa shape index (κ3) is 6.27. The van der Waals surface area contributed by atoms with Crippen molar-refractivity contribution in [1.82, 2.24) is 4.90 Å². The van der Waals surface area contributed by atoms with E-state index in [1.54, 1.807) is 42.5 Å². The number of amides is 2. The van der Waals surface area contributed by atoms with Crippen LogP contribution in [0.25, 0.3) is 6.08 Å². The summed E-state index contributed by atoms with van der Waals surface area (Å²) >= 11 is 6.84. The standard InChI is InChI=1S/C26H22ClNO7S2/c1-17-7-10-19(11-8-17)37(31,32)35-23-15-18(9-12-22(23)33-2)16-24-25(29)28(26(30)36-24)13-14-34-21-6-4-3-5-20(21)27/h3-12,15-16H,13-14H2,1-2H3/b24-16-. The number of hydrogen-bond acceptors (Lipinski definition) is 8. The average molecular weight is 560 g/mol. The minimum atomic E-state index is -4.13. The first-order valence-electron chi connectivity index (χ1n) is 11.0. The van der Waals surface area contributed by atoms with Crippen molar-refractivity contribution in [2.24, 2.45) is 0 Å². The lowest BCUT2D eigenvalue weighted by Crippen LogP contribution is -2.32. The molecule has 1 heterocycles. The quantitative estimate of drug-likeness (QED) is 0.249. The summed E-state index contributed by atoms with van der Waals surface area (Å²) in [6.45, 7) is 1.96. The van der Waals surface area contributed by atoms with Crippen molar-refractivity contribution in [3.8, 4) is 17.2 Å². The molecule has 11 heteroatoms. The maximum absolute atomic E-state index is 12.9. The second-order valence-electron chi connectivity index (χ2n) is 7.87. The van der Waals surface area contributed by atoms with E-state index in [0.717, 1.165) is 22.2 Å². The number of carbonyl (C=O) groups excluding carboxylic acids is 2. The first-order chi connectivity index (χ1) is 17.7. The molecule has 1 aliphatic heterocycles. The Morgan fingerprint density at radius 3 is 2.41 bits per heavy atom. The highest BCUT2D eigenvalue weighted by Gasteiger charge is 2.35. The second kappa shape index (κ2) is 11.3. The van der Waals surface area contributed by atoms with Gasteiger partial charge in [0.05, 0.1) is 23.6 Å². The summed E-state index contributed by atoms with van der Waals surface area (Å²) in [5.41, 5.74) is 1.36. The fourth-order valence-electron chi connectivity index (χ4n) is 3.37. The highest BCUT2D eigenvalue weighted by atomic mass is 35.5. The molecule has 0 N–H and O–H groups in total. The molecule has 37 heavy (non-hydrogen) atoms.